The Morgan fingerprint density at radius 2 is 1.67 bits per heavy atom. The molecule has 1 aliphatic carbocycles. The molecule has 0 radical (unpaired) electrons. The number of rotatable bonds is 3. The lowest BCUT2D eigenvalue weighted by Gasteiger charge is -2.31. The molecule has 2 aromatic rings. The molecule has 0 atom stereocenters. The van der Waals surface area contributed by atoms with Gasteiger partial charge in [-0.3, -0.25) is 9.59 Å². The Bertz CT molecular complexity index is 855. The van der Waals surface area contributed by atoms with Gasteiger partial charge in [-0.25, -0.2) is 4.39 Å². The molecule has 140 valence electrons. The summed E-state index contributed by atoms with van der Waals surface area (Å²) >= 11 is 0. The van der Waals surface area contributed by atoms with Crippen LogP contribution in [0.25, 0.3) is 0 Å². The third-order valence-electron chi connectivity index (χ3n) is 5.61. The normalized spacial score (nSPS) is 16.9. The number of nitrogens with one attached hydrogen (secondary N) is 1. The van der Waals surface area contributed by atoms with E-state index in [9.17, 15) is 14.0 Å². The van der Waals surface area contributed by atoms with Crippen molar-refractivity contribution in [3.63, 3.8) is 0 Å². The number of aryl methyl sites for hydroxylation is 2. The van der Waals surface area contributed by atoms with Crippen LogP contribution in [0.2, 0.25) is 0 Å². The van der Waals surface area contributed by atoms with E-state index in [1.54, 1.807) is 4.90 Å². The van der Waals surface area contributed by atoms with Gasteiger partial charge in [0.1, 0.15) is 5.82 Å². The van der Waals surface area contributed by atoms with Crippen molar-refractivity contribution in [3.05, 3.63) is 65.0 Å². The van der Waals surface area contributed by atoms with E-state index in [0.717, 1.165) is 18.5 Å². The molecular weight excluding hydrogens is 343 g/mol. The number of hydrogen-bond acceptors (Lipinski definition) is 2. The zero-order valence-electron chi connectivity index (χ0n) is 15.2. The number of anilines is 1. The summed E-state index contributed by atoms with van der Waals surface area (Å²) < 4.78 is 13.0. The summed E-state index contributed by atoms with van der Waals surface area (Å²) in [6.07, 6.45) is 4.69. The van der Waals surface area contributed by atoms with Crippen LogP contribution < -0.4 is 5.32 Å². The average molecular weight is 366 g/mol. The van der Waals surface area contributed by atoms with Crippen LogP contribution in [0.4, 0.5) is 10.1 Å². The maximum absolute atomic E-state index is 13.0. The fourth-order valence-corrected chi connectivity index (χ4v) is 4.01. The van der Waals surface area contributed by atoms with Gasteiger partial charge < -0.3 is 10.2 Å². The molecule has 0 bridgehead atoms. The lowest BCUT2D eigenvalue weighted by atomic mass is 9.95. The molecule has 1 saturated heterocycles. The van der Waals surface area contributed by atoms with Crippen LogP contribution >= 0.6 is 0 Å². The van der Waals surface area contributed by atoms with Gasteiger partial charge in [-0.1, -0.05) is 6.07 Å². The number of carbonyl (C=O) groups excluding carboxylic acids is 2. The summed E-state index contributed by atoms with van der Waals surface area (Å²) in [5, 5.41) is 3.04. The zero-order chi connectivity index (χ0) is 18.8. The Morgan fingerprint density at radius 3 is 2.41 bits per heavy atom. The highest BCUT2D eigenvalue weighted by molar-refractivity contribution is 5.95. The third-order valence-corrected chi connectivity index (χ3v) is 5.61. The van der Waals surface area contributed by atoms with Crippen molar-refractivity contribution >= 4 is 17.5 Å². The maximum Gasteiger partial charge on any atom is 0.253 e. The van der Waals surface area contributed by atoms with E-state index >= 15 is 0 Å². The largest absolute Gasteiger partial charge is 0.339 e. The summed E-state index contributed by atoms with van der Waals surface area (Å²) in [5.74, 6) is -0.515. The molecule has 2 aromatic carbocycles. The molecule has 1 aliphatic heterocycles. The second-order valence-electron chi connectivity index (χ2n) is 7.40. The van der Waals surface area contributed by atoms with Gasteiger partial charge in [0.25, 0.3) is 5.91 Å². The first-order valence-corrected chi connectivity index (χ1v) is 9.57. The Balaban J connectivity index is 1.32. The highest BCUT2D eigenvalue weighted by Gasteiger charge is 2.28. The van der Waals surface area contributed by atoms with E-state index in [2.05, 4.69) is 17.4 Å². The van der Waals surface area contributed by atoms with Gasteiger partial charge in [0.2, 0.25) is 5.91 Å². The van der Waals surface area contributed by atoms with Gasteiger partial charge >= 0.3 is 0 Å². The van der Waals surface area contributed by atoms with Gasteiger partial charge in [-0.05, 0) is 79.6 Å². The molecule has 2 amide bonds. The van der Waals surface area contributed by atoms with E-state index in [1.807, 2.05) is 6.07 Å². The monoisotopic (exact) mass is 366 g/mol. The van der Waals surface area contributed by atoms with Crippen LogP contribution in [0.15, 0.2) is 42.5 Å². The molecule has 5 heteroatoms. The van der Waals surface area contributed by atoms with Crippen molar-refractivity contribution in [2.75, 3.05) is 18.4 Å². The van der Waals surface area contributed by atoms with Crippen molar-refractivity contribution in [2.24, 2.45) is 5.92 Å². The minimum atomic E-state index is -0.353. The molecule has 1 heterocycles. The minimum absolute atomic E-state index is 0.0295. The van der Waals surface area contributed by atoms with Crippen LogP contribution in [0.3, 0.4) is 0 Å². The molecule has 0 spiro atoms. The number of nitrogens with zero attached hydrogens (tertiary/aromatic N) is 1. The molecule has 0 saturated carbocycles. The first kappa shape index (κ1) is 17.7. The van der Waals surface area contributed by atoms with Gasteiger partial charge in [0, 0.05) is 30.3 Å². The Labute approximate surface area is 158 Å². The van der Waals surface area contributed by atoms with Crippen molar-refractivity contribution < 1.29 is 14.0 Å². The van der Waals surface area contributed by atoms with Crippen LogP contribution in [0.5, 0.6) is 0 Å². The van der Waals surface area contributed by atoms with Crippen molar-refractivity contribution in [2.45, 2.75) is 32.1 Å². The van der Waals surface area contributed by atoms with E-state index < -0.39 is 0 Å². The molecule has 1 fully saturated rings. The van der Waals surface area contributed by atoms with E-state index in [1.165, 1.54) is 41.8 Å². The number of likely N-dealkylation sites (tertiary alicyclic amines) is 1. The van der Waals surface area contributed by atoms with E-state index in [0.29, 0.717) is 31.5 Å². The summed E-state index contributed by atoms with van der Waals surface area (Å²) in [5.41, 5.74) is 4.08. The average Bonchev–Trinajstić information content (AvgIpc) is 3.16. The van der Waals surface area contributed by atoms with Gasteiger partial charge in [0.15, 0.2) is 0 Å². The first-order chi connectivity index (χ1) is 13.1. The van der Waals surface area contributed by atoms with Crippen LogP contribution in [0.1, 0.15) is 40.7 Å². The predicted octanol–water partition coefficient (Wildman–Crippen LogP) is 3.81. The number of piperidine rings is 1. The van der Waals surface area contributed by atoms with Crippen molar-refractivity contribution in [1.29, 1.82) is 0 Å². The highest BCUT2D eigenvalue weighted by Crippen LogP contribution is 2.26. The van der Waals surface area contributed by atoms with Crippen molar-refractivity contribution in [1.82, 2.24) is 4.90 Å². The predicted molar refractivity (Wildman–Crippen MR) is 102 cm³/mol. The summed E-state index contributed by atoms with van der Waals surface area (Å²) in [6, 6.07) is 11.8. The van der Waals surface area contributed by atoms with Crippen molar-refractivity contribution in [3.8, 4) is 0 Å². The van der Waals surface area contributed by atoms with Crippen LogP contribution in [-0.2, 0) is 17.6 Å². The highest BCUT2D eigenvalue weighted by atomic mass is 19.1. The smallest absolute Gasteiger partial charge is 0.253 e. The fraction of sp³-hybridized carbons (Fsp3) is 0.364. The van der Waals surface area contributed by atoms with Crippen LogP contribution in [-0.4, -0.2) is 29.8 Å². The molecule has 0 unspecified atom stereocenters. The molecule has 0 aromatic heterocycles. The first-order valence-electron chi connectivity index (χ1n) is 9.57. The molecule has 1 N–H and O–H groups in total. The fourth-order valence-electron chi connectivity index (χ4n) is 4.01. The number of fused-ring (bicyclic) bond motifs is 1. The second-order valence-corrected chi connectivity index (χ2v) is 7.40. The second kappa shape index (κ2) is 7.51. The van der Waals surface area contributed by atoms with E-state index in [-0.39, 0.29) is 23.5 Å². The molecule has 27 heavy (non-hydrogen) atoms. The number of benzene rings is 2. The summed E-state index contributed by atoms with van der Waals surface area (Å²) in [7, 11) is 0. The van der Waals surface area contributed by atoms with Crippen LogP contribution in [0, 0.1) is 11.7 Å². The van der Waals surface area contributed by atoms with E-state index in [4.69, 9.17) is 0 Å². The lowest BCUT2D eigenvalue weighted by molar-refractivity contribution is -0.121. The number of amides is 2. The molecule has 4 nitrogen and oxygen atoms in total. The maximum atomic E-state index is 13.0. The number of carbonyl (C=O) groups is 2. The Hall–Kier alpha value is -2.69. The molecular formula is C22H23FN2O2. The zero-order valence-corrected chi connectivity index (χ0v) is 15.2. The topological polar surface area (TPSA) is 49.4 Å². The Morgan fingerprint density at radius 1 is 0.963 bits per heavy atom. The van der Waals surface area contributed by atoms with Gasteiger partial charge in [-0.15, -0.1) is 0 Å². The SMILES string of the molecule is O=C(Nc1ccc2c(c1)CCC2)C1CCN(C(=O)c2ccc(F)cc2)CC1. The summed E-state index contributed by atoms with van der Waals surface area (Å²) in [6.45, 7) is 1.08. The molecule has 4 rings (SSSR count). The van der Waals surface area contributed by atoms with Gasteiger partial charge in [0.05, 0.1) is 0 Å². The quantitative estimate of drug-likeness (QED) is 0.898. The summed E-state index contributed by atoms with van der Waals surface area (Å²) in [4.78, 5) is 26.8. The minimum Gasteiger partial charge on any atom is -0.339 e. The number of halogens is 1. The Kier molecular flexibility index (Phi) is 4.92. The standard InChI is InChI=1S/C22H23FN2O2/c23-19-7-4-17(5-8-19)22(27)25-12-10-16(11-13-25)21(26)24-20-9-6-15-2-1-3-18(15)14-20/h4-9,14,16H,1-3,10-13H2,(H,24,26). The number of hydrogen-bond donors (Lipinski definition) is 1. The molecule has 2 aliphatic rings. The lowest BCUT2D eigenvalue weighted by Crippen LogP contribution is -2.41. The third kappa shape index (κ3) is 3.87. The van der Waals surface area contributed by atoms with Gasteiger partial charge in [-0.2, -0.15) is 0 Å².